The first-order valence-electron chi connectivity index (χ1n) is 6.25. The van der Waals surface area contributed by atoms with Crippen LogP contribution in [0.2, 0.25) is 5.02 Å². The van der Waals surface area contributed by atoms with Gasteiger partial charge in [0.25, 0.3) is 0 Å². The predicted octanol–water partition coefficient (Wildman–Crippen LogP) is 2.97. The third-order valence-electron chi connectivity index (χ3n) is 2.76. The van der Waals surface area contributed by atoms with Gasteiger partial charge in [0.2, 0.25) is 0 Å². The van der Waals surface area contributed by atoms with Crippen molar-refractivity contribution in [2.75, 3.05) is 12.3 Å². The highest BCUT2D eigenvalue weighted by molar-refractivity contribution is 6.32. The zero-order valence-electron chi connectivity index (χ0n) is 10.9. The molecule has 1 heterocycles. The lowest BCUT2D eigenvalue weighted by atomic mass is 10.2. The van der Waals surface area contributed by atoms with Crippen LogP contribution in [-0.2, 0) is 17.9 Å². The molecular formula is C14H18ClN3O. The van der Waals surface area contributed by atoms with Gasteiger partial charge in [-0.15, -0.1) is 0 Å². The van der Waals surface area contributed by atoms with Crippen LogP contribution in [-0.4, -0.2) is 16.4 Å². The number of anilines is 1. The molecule has 2 aromatic rings. The molecule has 0 saturated heterocycles. The predicted molar refractivity (Wildman–Crippen MR) is 76.9 cm³/mol. The number of halogens is 1. The van der Waals surface area contributed by atoms with Crippen molar-refractivity contribution in [3.8, 4) is 0 Å². The van der Waals surface area contributed by atoms with E-state index in [2.05, 4.69) is 24.2 Å². The van der Waals surface area contributed by atoms with Crippen LogP contribution in [0.4, 0.5) is 5.82 Å². The van der Waals surface area contributed by atoms with Gasteiger partial charge in [0.1, 0.15) is 5.02 Å². The molecule has 0 spiro atoms. The van der Waals surface area contributed by atoms with Gasteiger partial charge < -0.3 is 10.5 Å². The van der Waals surface area contributed by atoms with E-state index >= 15 is 0 Å². The van der Waals surface area contributed by atoms with E-state index in [9.17, 15) is 0 Å². The smallest absolute Gasteiger partial charge is 0.164 e. The molecule has 0 aliphatic heterocycles. The monoisotopic (exact) mass is 279 g/mol. The van der Waals surface area contributed by atoms with E-state index in [0.29, 0.717) is 30.0 Å². The van der Waals surface area contributed by atoms with Gasteiger partial charge >= 0.3 is 0 Å². The minimum atomic E-state index is 0.346. The van der Waals surface area contributed by atoms with Crippen molar-refractivity contribution in [2.45, 2.75) is 20.1 Å². The second kappa shape index (κ2) is 6.59. The Labute approximate surface area is 118 Å². The molecule has 2 rings (SSSR count). The molecule has 0 fully saturated rings. The Kier molecular flexibility index (Phi) is 4.82. The molecule has 5 heteroatoms. The summed E-state index contributed by atoms with van der Waals surface area (Å²) in [5.74, 6) is 0.721. The standard InChI is InChI=1S/C14H18ClN3O/c1-11(7-18-8-13(15)14(16)17-18)9-19-10-12-5-3-2-4-6-12/h2-6,8,11H,7,9-10H2,1H3,(H2,16,17). The van der Waals surface area contributed by atoms with Gasteiger partial charge in [0.15, 0.2) is 5.82 Å². The van der Waals surface area contributed by atoms with E-state index in [1.807, 2.05) is 18.2 Å². The lowest BCUT2D eigenvalue weighted by Crippen LogP contribution is -2.14. The molecule has 1 atom stereocenters. The van der Waals surface area contributed by atoms with Crippen LogP contribution in [0.15, 0.2) is 36.5 Å². The Morgan fingerprint density at radius 1 is 1.37 bits per heavy atom. The molecular weight excluding hydrogens is 262 g/mol. The second-order valence-corrected chi connectivity index (χ2v) is 5.10. The number of aromatic nitrogens is 2. The van der Waals surface area contributed by atoms with Crippen LogP contribution in [0, 0.1) is 5.92 Å². The molecule has 0 aliphatic carbocycles. The van der Waals surface area contributed by atoms with Gasteiger partial charge in [-0.25, -0.2) is 0 Å². The van der Waals surface area contributed by atoms with E-state index in [-0.39, 0.29) is 0 Å². The van der Waals surface area contributed by atoms with E-state index in [4.69, 9.17) is 22.1 Å². The fraction of sp³-hybridized carbons (Fsp3) is 0.357. The van der Waals surface area contributed by atoms with Crippen LogP contribution < -0.4 is 5.73 Å². The van der Waals surface area contributed by atoms with E-state index < -0.39 is 0 Å². The van der Waals surface area contributed by atoms with Crippen molar-refractivity contribution in [3.05, 3.63) is 47.1 Å². The molecule has 1 aromatic carbocycles. The number of benzene rings is 1. The van der Waals surface area contributed by atoms with Gasteiger partial charge in [0.05, 0.1) is 13.2 Å². The number of ether oxygens (including phenoxy) is 1. The number of nitrogen functional groups attached to an aromatic ring is 1. The number of nitrogens with two attached hydrogens (primary N) is 1. The molecule has 102 valence electrons. The average molecular weight is 280 g/mol. The molecule has 1 unspecified atom stereocenters. The normalized spacial score (nSPS) is 12.5. The lowest BCUT2D eigenvalue weighted by Gasteiger charge is -2.12. The SMILES string of the molecule is CC(COCc1ccccc1)Cn1cc(Cl)c(N)n1. The highest BCUT2D eigenvalue weighted by Crippen LogP contribution is 2.16. The van der Waals surface area contributed by atoms with Gasteiger partial charge in [0, 0.05) is 12.7 Å². The lowest BCUT2D eigenvalue weighted by molar-refractivity contribution is 0.0857. The Morgan fingerprint density at radius 3 is 2.74 bits per heavy atom. The molecule has 0 saturated carbocycles. The zero-order chi connectivity index (χ0) is 13.7. The van der Waals surface area contributed by atoms with Crippen LogP contribution in [0.25, 0.3) is 0 Å². The van der Waals surface area contributed by atoms with Crippen molar-refractivity contribution < 1.29 is 4.74 Å². The quantitative estimate of drug-likeness (QED) is 0.884. The maximum absolute atomic E-state index is 5.86. The summed E-state index contributed by atoms with van der Waals surface area (Å²) in [7, 11) is 0. The number of hydrogen-bond donors (Lipinski definition) is 1. The molecule has 19 heavy (non-hydrogen) atoms. The fourth-order valence-corrected chi connectivity index (χ4v) is 1.98. The van der Waals surface area contributed by atoms with Crippen LogP contribution in [0.5, 0.6) is 0 Å². The summed E-state index contributed by atoms with van der Waals surface area (Å²) >= 11 is 5.86. The summed E-state index contributed by atoms with van der Waals surface area (Å²) < 4.78 is 7.44. The summed E-state index contributed by atoms with van der Waals surface area (Å²) in [6.07, 6.45) is 1.74. The third-order valence-corrected chi connectivity index (χ3v) is 3.05. The summed E-state index contributed by atoms with van der Waals surface area (Å²) in [6.45, 7) is 4.15. The Balaban J connectivity index is 1.74. The summed E-state index contributed by atoms with van der Waals surface area (Å²) in [5, 5.41) is 4.62. The molecule has 1 aromatic heterocycles. The molecule has 0 radical (unpaired) electrons. The van der Waals surface area contributed by atoms with Gasteiger partial charge in [-0.1, -0.05) is 48.9 Å². The summed E-state index contributed by atoms with van der Waals surface area (Å²) in [4.78, 5) is 0. The molecule has 4 nitrogen and oxygen atoms in total. The fourth-order valence-electron chi connectivity index (χ4n) is 1.83. The highest BCUT2D eigenvalue weighted by atomic mass is 35.5. The average Bonchev–Trinajstić information content (AvgIpc) is 2.69. The van der Waals surface area contributed by atoms with Crippen molar-refractivity contribution in [1.29, 1.82) is 0 Å². The van der Waals surface area contributed by atoms with Crippen molar-refractivity contribution in [1.82, 2.24) is 9.78 Å². The van der Waals surface area contributed by atoms with Crippen LogP contribution in [0.3, 0.4) is 0 Å². The first kappa shape index (κ1) is 13.9. The summed E-state index contributed by atoms with van der Waals surface area (Å²) in [6, 6.07) is 10.1. The second-order valence-electron chi connectivity index (χ2n) is 4.69. The first-order valence-corrected chi connectivity index (χ1v) is 6.63. The van der Waals surface area contributed by atoms with E-state index in [0.717, 1.165) is 6.54 Å². The molecule has 0 bridgehead atoms. The van der Waals surface area contributed by atoms with Crippen molar-refractivity contribution in [3.63, 3.8) is 0 Å². The minimum absolute atomic E-state index is 0.346. The van der Waals surface area contributed by atoms with E-state index in [1.165, 1.54) is 5.56 Å². The Bertz CT molecular complexity index is 493. The molecule has 0 aliphatic rings. The minimum Gasteiger partial charge on any atom is -0.381 e. The number of nitrogens with zero attached hydrogens (tertiary/aromatic N) is 2. The number of rotatable bonds is 6. The van der Waals surface area contributed by atoms with Crippen LogP contribution in [0.1, 0.15) is 12.5 Å². The Hall–Kier alpha value is -1.52. The zero-order valence-corrected chi connectivity index (χ0v) is 11.7. The molecule has 2 N–H and O–H groups in total. The van der Waals surface area contributed by atoms with Gasteiger partial charge in [-0.2, -0.15) is 5.10 Å². The largest absolute Gasteiger partial charge is 0.381 e. The topological polar surface area (TPSA) is 53.1 Å². The maximum atomic E-state index is 5.86. The maximum Gasteiger partial charge on any atom is 0.164 e. The molecule has 0 amide bonds. The van der Waals surface area contributed by atoms with Gasteiger partial charge in [-0.3, -0.25) is 4.68 Å². The van der Waals surface area contributed by atoms with Crippen molar-refractivity contribution in [2.24, 2.45) is 5.92 Å². The third kappa shape index (κ3) is 4.26. The Morgan fingerprint density at radius 2 is 2.11 bits per heavy atom. The van der Waals surface area contributed by atoms with Crippen molar-refractivity contribution >= 4 is 17.4 Å². The first-order chi connectivity index (χ1) is 9.15. The van der Waals surface area contributed by atoms with E-state index in [1.54, 1.807) is 10.9 Å². The summed E-state index contributed by atoms with van der Waals surface area (Å²) in [5.41, 5.74) is 6.78. The van der Waals surface area contributed by atoms with Crippen LogP contribution >= 0.6 is 11.6 Å². The van der Waals surface area contributed by atoms with Gasteiger partial charge in [-0.05, 0) is 11.5 Å². The highest BCUT2D eigenvalue weighted by Gasteiger charge is 2.07. The number of hydrogen-bond acceptors (Lipinski definition) is 3.